The van der Waals surface area contributed by atoms with Gasteiger partial charge in [-0.05, 0) is 31.2 Å². The van der Waals surface area contributed by atoms with E-state index in [1.54, 1.807) is 6.92 Å². The molecule has 3 aromatic heterocycles. The molecule has 13 nitrogen and oxygen atoms in total. The summed E-state index contributed by atoms with van der Waals surface area (Å²) in [5.74, 6) is -0.0137. The summed E-state index contributed by atoms with van der Waals surface area (Å²) in [5, 5.41) is 16.2. The number of nitrogens with two attached hydrogens (primary N) is 1. The van der Waals surface area contributed by atoms with Gasteiger partial charge in [0.25, 0.3) is 15.6 Å². The molecule has 5 N–H and O–H groups in total. The summed E-state index contributed by atoms with van der Waals surface area (Å²) in [5.41, 5.74) is 5.59. The highest BCUT2D eigenvalue weighted by Gasteiger charge is 2.16. The first kappa shape index (κ1) is 18.6. The monoisotopic (exact) mass is 432 g/mol. The van der Waals surface area contributed by atoms with Gasteiger partial charge in [0.15, 0.2) is 11.2 Å². The van der Waals surface area contributed by atoms with Crippen LogP contribution in [0.4, 0.5) is 22.7 Å². The number of H-pyrrole nitrogens is 2. The van der Waals surface area contributed by atoms with E-state index in [1.165, 1.54) is 24.3 Å². The SMILES string of the molecule is Cc1nnc(NS(=O)(=O)c2ccc(N=Nc3nc4nc(N)[nH]c(=O)c4[nH]3)cc2)s1. The molecule has 0 aliphatic carbocycles. The molecule has 4 aromatic rings. The van der Waals surface area contributed by atoms with Crippen LogP contribution >= 0.6 is 11.3 Å². The van der Waals surface area contributed by atoms with Gasteiger partial charge in [0, 0.05) is 0 Å². The number of rotatable bonds is 5. The fourth-order valence-electron chi connectivity index (χ4n) is 2.27. The lowest BCUT2D eigenvalue weighted by Crippen LogP contribution is -2.12. The molecule has 0 saturated heterocycles. The van der Waals surface area contributed by atoms with Gasteiger partial charge in [0.05, 0.1) is 10.6 Å². The fraction of sp³-hybridized carbons (Fsp3) is 0.0714. The molecule has 0 amide bonds. The number of aromatic nitrogens is 6. The highest BCUT2D eigenvalue weighted by molar-refractivity contribution is 7.93. The summed E-state index contributed by atoms with van der Waals surface area (Å²) in [7, 11) is -3.80. The zero-order chi connectivity index (χ0) is 20.6. The number of nitrogen functional groups attached to an aromatic ring is 1. The molecule has 148 valence electrons. The van der Waals surface area contributed by atoms with E-state index in [9.17, 15) is 13.2 Å². The largest absolute Gasteiger partial charge is 0.369 e. The lowest BCUT2D eigenvalue weighted by atomic mass is 10.3. The van der Waals surface area contributed by atoms with Crippen molar-refractivity contribution in [2.45, 2.75) is 11.8 Å². The number of hydrogen-bond acceptors (Lipinski definition) is 11. The maximum absolute atomic E-state index is 12.4. The second-order valence-corrected chi connectivity index (χ2v) is 8.50. The van der Waals surface area contributed by atoms with E-state index in [-0.39, 0.29) is 33.1 Å². The molecular formula is C14H12N10O3S2. The number of imidazole rings is 1. The number of azo groups is 1. The van der Waals surface area contributed by atoms with Crippen molar-refractivity contribution in [1.82, 2.24) is 30.1 Å². The van der Waals surface area contributed by atoms with Crippen LogP contribution in [0.5, 0.6) is 0 Å². The van der Waals surface area contributed by atoms with Gasteiger partial charge in [-0.3, -0.25) is 14.5 Å². The Bertz CT molecular complexity index is 1390. The minimum Gasteiger partial charge on any atom is -0.369 e. The molecule has 0 fully saturated rings. The number of aromatic amines is 2. The smallest absolute Gasteiger partial charge is 0.278 e. The predicted molar refractivity (Wildman–Crippen MR) is 105 cm³/mol. The number of hydrogen-bond donors (Lipinski definition) is 4. The number of fused-ring (bicyclic) bond motifs is 1. The van der Waals surface area contributed by atoms with Crippen LogP contribution in [-0.4, -0.2) is 38.6 Å². The van der Waals surface area contributed by atoms with Gasteiger partial charge in [0.1, 0.15) is 5.01 Å². The Morgan fingerprint density at radius 3 is 2.55 bits per heavy atom. The van der Waals surface area contributed by atoms with E-state index in [4.69, 9.17) is 5.73 Å². The average Bonchev–Trinajstić information content (AvgIpc) is 3.26. The third kappa shape index (κ3) is 3.94. The van der Waals surface area contributed by atoms with Crippen molar-refractivity contribution in [1.29, 1.82) is 0 Å². The van der Waals surface area contributed by atoms with Crippen molar-refractivity contribution < 1.29 is 8.42 Å². The van der Waals surface area contributed by atoms with Gasteiger partial charge in [-0.15, -0.1) is 20.4 Å². The Hall–Kier alpha value is -3.72. The second kappa shape index (κ2) is 7.02. The van der Waals surface area contributed by atoms with Crippen LogP contribution in [0.2, 0.25) is 0 Å². The molecule has 0 aliphatic rings. The summed E-state index contributed by atoms with van der Waals surface area (Å²) in [6.45, 7) is 1.72. The molecule has 1 aromatic carbocycles. The van der Waals surface area contributed by atoms with Crippen molar-refractivity contribution in [3.63, 3.8) is 0 Å². The first-order valence-electron chi connectivity index (χ1n) is 7.90. The van der Waals surface area contributed by atoms with Gasteiger partial charge in [-0.25, -0.2) is 8.42 Å². The number of benzene rings is 1. The molecule has 3 heterocycles. The number of anilines is 2. The zero-order valence-corrected chi connectivity index (χ0v) is 16.2. The van der Waals surface area contributed by atoms with E-state index in [2.05, 4.69) is 45.1 Å². The summed E-state index contributed by atoms with van der Waals surface area (Å²) in [6.07, 6.45) is 0. The number of nitrogens with zero attached hydrogens (tertiary/aromatic N) is 6. The van der Waals surface area contributed by atoms with Gasteiger partial charge < -0.3 is 10.7 Å². The van der Waals surface area contributed by atoms with Crippen LogP contribution in [-0.2, 0) is 10.0 Å². The van der Waals surface area contributed by atoms with Crippen molar-refractivity contribution in [3.05, 3.63) is 39.6 Å². The van der Waals surface area contributed by atoms with Crippen LogP contribution in [0.3, 0.4) is 0 Å². The number of nitrogens with one attached hydrogen (secondary N) is 3. The molecule has 0 bridgehead atoms. The van der Waals surface area contributed by atoms with Crippen molar-refractivity contribution >= 4 is 55.2 Å². The first-order chi connectivity index (χ1) is 13.8. The van der Waals surface area contributed by atoms with Crippen LogP contribution in [0.1, 0.15) is 5.01 Å². The van der Waals surface area contributed by atoms with Crippen LogP contribution in [0.15, 0.2) is 44.2 Å². The highest BCUT2D eigenvalue weighted by Crippen LogP contribution is 2.22. The predicted octanol–water partition coefficient (Wildman–Crippen LogP) is 1.60. The average molecular weight is 432 g/mol. The third-order valence-electron chi connectivity index (χ3n) is 3.52. The summed E-state index contributed by atoms with van der Waals surface area (Å²) >= 11 is 1.13. The quantitative estimate of drug-likeness (QED) is 0.341. The van der Waals surface area contributed by atoms with E-state index in [0.29, 0.717) is 10.7 Å². The molecule has 0 unspecified atom stereocenters. The Balaban J connectivity index is 1.53. The zero-order valence-electron chi connectivity index (χ0n) is 14.6. The maximum Gasteiger partial charge on any atom is 0.278 e. The van der Waals surface area contributed by atoms with E-state index in [1.807, 2.05) is 0 Å². The van der Waals surface area contributed by atoms with Crippen LogP contribution < -0.4 is 16.0 Å². The van der Waals surface area contributed by atoms with Gasteiger partial charge in [-0.2, -0.15) is 9.97 Å². The van der Waals surface area contributed by atoms with Gasteiger partial charge in [-0.1, -0.05) is 11.3 Å². The first-order valence-corrected chi connectivity index (χ1v) is 10.2. The van der Waals surface area contributed by atoms with E-state index < -0.39 is 15.6 Å². The number of sulfonamides is 1. The van der Waals surface area contributed by atoms with E-state index >= 15 is 0 Å². The number of aryl methyl sites for hydroxylation is 1. The summed E-state index contributed by atoms with van der Waals surface area (Å²) in [6, 6.07) is 5.68. The standard InChI is InChI=1S/C14H12N10O3S2/c1-6-20-23-14(28-6)24-29(26,27)8-4-2-7(3-5-8)21-22-13-16-9-10(18-13)17-12(15)19-11(9)25/h2-5H,1H3,(H,23,24)(H4,15,16,17,18,19,25). The van der Waals surface area contributed by atoms with E-state index in [0.717, 1.165) is 11.3 Å². The Kier molecular flexibility index (Phi) is 4.51. The molecular weight excluding hydrogens is 420 g/mol. The molecule has 29 heavy (non-hydrogen) atoms. The minimum atomic E-state index is -3.80. The molecule has 4 rings (SSSR count). The second-order valence-electron chi connectivity index (χ2n) is 5.64. The lowest BCUT2D eigenvalue weighted by molar-refractivity contribution is 0.601. The van der Waals surface area contributed by atoms with Crippen molar-refractivity contribution in [3.8, 4) is 0 Å². The summed E-state index contributed by atoms with van der Waals surface area (Å²) in [4.78, 5) is 24.7. The third-order valence-corrected chi connectivity index (χ3v) is 5.76. The minimum absolute atomic E-state index is 0.0271. The fourth-order valence-corrected chi connectivity index (χ4v) is 4.09. The molecule has 0 atom stereocenters. The molecule has 0 aliphatic heterocycles. The summed E-state index contributed by atoms with van der Waals surface area (Å²) < 4.78 is 27.1. The normalized spacial score (nSPS) is 12.0. The Morgan fingerprint density at radius 2 is 1.86 bits per heavy atom. The van der Waals surface area contributed by atoms with Crippen molar-refractivity contribution in [2.24, 2.45) is 10.2 Å². The lowest BCUT2D eigenvalue weighted by Gasteiger charge is -2.04. The van der Waals surface area contributed by atoms with Crippen molar-refractivity contribution in [2.75, 3.05) is 10.5 Å². The topological polar surface area (TPSA) is 197 Å². The van der Waals surface area contributed by atoms with Crippen LogP contribution in [0, 0.1) is 6.92 Å². The van der Waals surface area contributed by atoms with Gasteiger partial charge >= 0.3 is 0 Å². The molecule has 0 saturated carbocycles. The van der Waals surface area contributed by atoms with Crippen LogP contribution in [0.25, 0.3) is 11.2 Å². The Morgan fingerprint density at radius 1 is 1.10 bits per heavy atom. The highest BCUT2D eigenvalue weighted by atomic mass is 32.2. The molecule has 15 heteroatoms. The van der Waals surface area contributed by atoms with Gasteiger partial charge in [0.2, 0.25) is 17.0 Å². The maximum atomic E-state index is 12.4. The Labute approximate surface area is 166 Å². The molecule has 0 radical (unpaired) electrons. The molecule has 0 spiro atoms.